The Morgan fingerprint density at radius 1 is 1.07 bits per heavy atom. The minimum absolute atomic E-state index is 0.0368. The highest BCUT2D eigenvalue weighted by Crippen LogP contribution is 2.18. The van der Waals surface area contributed by atoms with E-state index in [0.29, 0.717) is 18.5 Å². The van der Waals surface area contributed by atoms with Crippen LogP contribution >= 0.6 is 11.8 Å². The lowest BCUT2D eigenvalue weighted by Gasteiger charge is -2.26. The van der Waals surface area contributed by atoms with Gasteiger partial charge in [-0.3, -0.25) is 9.59 Å². The van der Waals surface area contributed by atoms with Crippen LogP contribution in [0.3, 0.4) is 0 Å². The molecule has 1 aliphatic heterocycles. The van der Waals surface area contributed by atoms with E-state index >= 15 is 0 Å². The van der Waals surface area contributed by atoms with Gasteiger partial charge < -0.3 is 15.0 Å². The number of carbonyl (C=O) groups excluding carboxylic acids is 2. The molecule has 0 spiro atoms. The monoisotopic (exact) mass is 434 g/mol. The number of nitrogens with zero attached hydrogens (tertiary/aromatic N) is 1. The molecule has 2 aromatic rings. The summed E-state index contributed by atoms with van der Waals surface area (Å²) < 4.78 is 31.6. The van der Waals surface area contributed by atoms with E-state index in [2.05, 4.69) is 5.32 Å². The second-order valence-electron chi connectivity index (χ2n) is 6.94. The molecule has 5 nitrogen and oxygen atoms in total. The minimum Gasteiger partial charge on any atom is -0.491 e. The number of halogens is 2. The fourth-order valence-electron chi connectivity index (χ4n) is 3.04. The Bertz CT molecular complexity index is 871. The molecule has 0 bridgehead atoms. The first kappa shape index (κ1) is 22.1. The molecule has 1 heterocycles. The van der Waals surface area contributed by atoms with E-state index in [-0.39, 0.29) is 30.6 Å². The summed E-state index contributed by atoms with van der Waals surface area (Å²) in [6, 6.07) is 10.3. The highest BCUT2D eigenvalue weighted by Gasteiger charge is 2.16. The Hall–Kier alpha value is -2.61. The summed E-state index contributed by atoms with van der Waals surface area (Å²) in [6.45, 7) is 1.75. The number of hydrogen-bond acceptors (Lipinski definition) is 4. The molecule has 2 amide bonds. The maximum absolute atomic E-state index is 13.5. The molecule has 2 aromatic carbocycles. The van der Waals surface area contributed by atoms with E-state index in [1.54, 1.807) is 12.1 Å². The molecule has 30 heavy (non-hydrogen) atoms. The molecular formula is C22H24F2N2O3S. The van der Waals surface area contributed by atoms with E-state index in [0.717, 1.165) is 42.3 Å². The largest absolute Gasteiger partial charge is 0.491 e. The zero-order valence-electron chi connectivity index (χ0n) is 16.5. The van der Waals surface area contributed by atoms with Gasteiger partial charge in [0, 0.05) is 42.8 Å². The Labute approximate surface area is 178 Å². The fourth-order valence-corrected chi connectivity index (χ4v) is 3.94. The molecule has 8 heteroatoms. The first-order valence-corrected chi connectivity index (χ1v) is 11.0. The predicted octanol–water partition coefficient (Wildman–Crippen LogP) is 3.88. The van der Waals surface area contributed by atoms with Crippen LogP contribution in [0.4, 0.5) is 14.5 Å². The lowest BCUT2D eigenvalue weighted by molar-refractivity contribution is -0.130. The normalized spacial score (nSPS) is 13.7. The van der Waals surface area contributed by atoms with Gasteiger partial charge >= 0.3 is 0 Å². The van der Waals surface area contributed by atoms with Crippen molar-refractivity contribution in [2.45, 2.75) is 19.3 Å². The molecular weight excluding hydrogens is 410 g/mol. The standard InChI is InChI=1S/C22H24F2N2O3S/c23-17-5-8-20(19(24)15-17)29-11-1-2-21(27)25-18-6-3-16(4-7-18)14-22(28)26-9-12-30-13-10-26/h3-8,15H,1-2,9-14H2,(H,25,27). The predicted molar refractivity (Wildman–Crippen MR) is 114 cm³/mol. The van der Waals surface area contributed by atoms with Crippen molar-refractivity contribution in [3.63, 3.8) is 0 Å². The van der Waals surface area contributed by atoms with Crippen molar-refractivity contribution < 1.29 is 23.1 Å². The molecule has 1 aliphatic rings. The van der Waals surface area contributed by atoms with Gasteiger partial charge in [0.2, 0.25) is 11.8 Å². The molecule has 1 fully saturated rings. The van der Waals surface area contributed by atoms with Gasteiger partial charge in [-0.25, -0.2) is 8.78 Å². The second-order valence-corrected chi connectivity index (χ2v) is 8.17. The van der Waals surface area contributed by atoms with Crippen molar-refractivity contribution in [2.75, 3.05) is 36.5 Å². The number of amides is 2. The van der Waals surface area contributed by atoms with Gasteiger partial charge in [-0.15, -0.1) is 0 Å². The maximum atomic E-state index is 13.5. The Kier molecular flexibility index (Phi) is 8.07. The van der Waals surface area contributed by atoms with Gasteiger partial charge in [-0.1, -0.05) is 12.1 Å². The van der Waals surface area contributed by atoms with Crippen molar-refractivity contribution in [1.82, 2.24) is 4.90 Å². The van der Waals surface area contributed by atoms with Crippen molar-refractivity contribution in [1.29, 1.82) is 0 Å². The summed E-state index contributed by atoms with van der Waals surface area (Å²) >= 11 is 1.86. The molecule has 0 atom stereocenters. The van der Waals surface area contributed by atoms with Crippen LogP contribution in [-0.4, -0.2) is 47.9 Å². The van der Waals surface area contributed by atoms with Gasteiger partial charge in [-0.05, 0) is 36.2 Å². The summed E-state index contributed by atoms with van der Waals surface area (Å²) in [5.41, 5.74) is 1.56. The number of benzene rings is 2. The minimum atomic E-state index is -0.766. The molecule has 0 unspecified atom stereocenters. The van der Waals surface area contributed by atoms with Crippen LogP contribution in [0.25, 0.3) is 0 Å². The van der Waals surface area contributed by atoms with Crippen LogP contribution in [-0.2, 0) is 16.0 Å². The average Bonchev–Trinajstić information content (AvgIpc) is 2.74. The number of hydrogen-bond donors (Lipinski definition) is 1. The number of rotatable bonds is 8. The zero-order valence-corrected chi connectivity index (χ0v) is 17.4. The molecule has 0 aromatic heterocycles. The van der Waals surface area contributed by atoms with Gasteiger partial charge in [0.1, 0.15) is 5.82 Å². The molecule has 3 rings (SSSR count). The highest BCUT2D eigenvalue weighted by atomic mass is 32.2. The fraction of sp³-hybridized carbons (Fsp3) is 0.364. The Morgan fingerprint density at radius 3 is 2.50 bits per heavy atom. The third kappa shape index (κ3) is 6.73. The summed E-state index contributed by atoms with van der Waals surface area (Å²) in [5, 5.41) is 2.79. The van der Waals surface area contributed by atoms with Crippen molar-refractivity contribution >= 4 is 29.3 Å². The highest BCUT2D eigenvalue weighted by molar-refractivity contribution is 7.99. The topological polar surface area (TPSA) is 58.6 Å². The first-order chi connectivity index (χ1) is 14.5. The molecule has 0 radical (unpaired) electrons. The van der Waals surface area contributed by atoms with Crippen LogP contribution in [0.1, 0.15) is 18.4 Å². The summed E-state index contributed by atoms with van der Waals surface area (Å²) in [5.74, 6) is 0.446. The zero-order chi connectivity index (χ0) is 21.3. The van der Waals surface area contributed by atoms with Crippen molar-refractivity contribution in [3.8, 4) is 5.75 Å². The first-order valence-electron chi connectivity index (χ1n) is 9.83. The second kappa shape index (κ2) is 11.0. The van der Waals surface area contributed by atoms with Crippen LogP contribution in [0.5, 0.6) is 5.75 Å². The van der Waals surface area contributed by atoms with E-state index in [1.807, 2.05) is 28.8 Å². The number of thioether (sulfide) groups is 1. The van der Waals surface area contributed by atoms with Gasteiger partial charge in [0.05, 0.1) is 13.0 Å². The van der Waals surface area contributed by atoms with Gasteiger partial charge in [-0.2, -0.15) is 11.8 Å². The summed E-state index contributed by atoms with van der Waals surface area (Å²) in [4.78, 5) is 26.3. The molecule has 1 saturated heterocycles. The van der Waals surface area contributed by atoms with Gasteiger partial charge in [0.25, 0.3) is 0 Å². The van der Waals surface area contributed by atoms with E-state index < -0.39 is 11.6 Å². The lowest BCUT2D eigenvalue weighted by atomic mass is 10.1. The third-order valence-electron chi connectivity index (χ3n) is 4.66. The Morgan fingerprint density at radius 2 is 1.80 bits per heavy atom. The summed E-state index contributed by atoms with van der Waals surface area (Å²) in [7, 11) is 0. The number of ether oxygens (including phenoxy) is 1. The summed E-state index contributed by atoms with van der Waals surface area (Å²) in [6.07, 6.45) is 0.954. The van der Waals surface area contributed by atoms with E-state index in [1.165, 1.54) is 6.07 Å². The SMILES string of the molecule is O=C(CCCOc1ccc(F)cc1F)Nc1ccc(CC(=O)N2CCSCC2)cc1. The van der Waals surface area contributed by atoms with Crippen molar-refractivity contribution in [3.05, 3.63) is 59.7 Å². The average molecular weight is 435 g/mol. The van der Waals surface area contributed by atoms with E-state index in [4.69, 9.17) is 4.74 Å². The van der Waals surface area contributed by atoms with E-state index in [9.17, 15) is 18.4 Å². The number of carbonyl (C=O) groups is 2. The number of anilines is 1. The third-order valence-corrected chi connectivity index (χ3v) is 5.60. The molecule has 0 saturated carbocycles. The number of nitrogens with one attached hydrogen (secondary N) is 1. The smallest absolute Gasteiger partial charge is 0.227 e. The van der Waals surface area contributed by atoms with Crippen LogP contribution < -0.4 is 10.1 Å². The van der Waals surface area contributed by atoms with Crippen LogP contribution in [0.2, 0.25) is 0 Å². The van der Waals surface area contributed by atoms with Crippen LogP contribution in [0.15, 0.2) is 42.5 Å². The maximum Gasteiger partial charge on any atom is 0.227 e. The Balaban J connectivity index is 1.38. The molecule has 1 N–H and O–H groups in total. The molecule has 160 valence electrons. The van der Waals surface area contributed by atoms with Crippen LogP contribution in [0, 0.1) is 11.6 Å². The quantitative estimate of drug-likeness (QED) is 0.641. The van der Waals surface area contributed by atoms with Gasteiger partial charge in [0.15, 0.2) is 11.6 Å². The van der Waals surface area contributed by atoms with Crippen molar-refractivity contribution in [2.24, 2.45) is 0 Å². The lowest BCUT2D eigenvalue weighted by Crippen LogP contribution is -2.38. The molecule has 0 aliphatic carbocycles.